The number of hydrogen-bond acceptors (Lipinski definition) is 3. The number of unbranched alkanes of at least 4 members (excludes halogenated alkanes) is 2. The molecule has 1 atom stereocenters. The Kier molecular flexibility index (Phi) is 5.89. The molecule has 1 N–H and O–H groups in total. The summed E-state index contributed by atoms with van der Waals surface area (Å²) in [5, 5.41) is 2.97. The fourth-order valence-electron chi connectivity index (χ4n) is 3.01. The zero-order chi connectivity index (χ0) is 15.1. The zero-order valence-corrected chi connectivity index (χ0v) is 12.9. The van der Waals surface area contributed by atoms with E-state index in [0.29, 0.717) is 26.3 Å². The topological polar surface area (TPSA) is 50.8 Å². The Balaban J connectivity index is 1.75. The maximum Gasteiger partial charge on any atom is 0.317 e. The van der Waals surface area contributed by atoms with E-state index in [1.807, 2.05) is 11.8 Å². The van der Waals surface area contributed by atoms with Gasteiger partial charge in [0.05, 0.1) is 13.2 Å². The highest BCUT2D eigenvalue weighted by Gasteiger charge is 2.42. The molecule has 2 fully saturated rings. The summed E-state index contributed by atoms with van der Waals surface area (Å²) in [6, 6.07) is 0.0157. The van der Waals surface area contributed by atoms with E-state index >= 15 is 0 Å². The van der Waals surface area contributed by atoms with Crippen molar-refractivity contribution in [3.05, 3.63) is 0 Å². The lowest BCUT2D eigenvalue weighted by Gasteiger charge is -2.39. The Bertz CT molecular complexity index is 385. The lowest BCUT2D eigenvalue weighted by molar-refractivity contribution is -0.189. The average Bonchev–Trinajstić information content (AvgIpc) is 2.95. The van der Waals surface area contributed by atoms with Gasteiger partial charge in [-0.25, -0.2) is 4.79 Å². The second-order valence-corrected chi connectivity index (χ2v) is 5.89. The third-order valence-electron chi connectivity index (χ3n) is 4.33. The molecule has 5 nitrogen and oxygen atoms in total. The SMILES string of the molecule is C#CCCCCNC(=O)N1CCCC(C2(C)OCCO2)C1. The summed E-state index contributed by atoms with van der Waals surface area (Å²) in [6.45, 7) is 5.48. The summed E-state index contributed by atoms with van der Waals surface area (Å²) in [5.74, 6) is 2.34. The second kappa shape index (κ2) is 7.67. The molecule has 0 aliphatic carbocycles. The molecule has 1 unspecified atom stereocenters. The summed E-state index contributed by atoms with van der Waals surface area (Å²) in [7, 11) is 0. The first-order valence-corrected chi connectivity index (χ1v) is 7.90. The van der Waals surface area contributed by atoms with E-state index < -0.39 is 5.79 Å². The third-order valence-corrected chi connectivity index (χ3v) is 4.33. The predicted molar refractivity (Wildman–Crippen MR) is 80.7 cm³/mol. The van der Waals surface area contributed by atoms with Crippen molar-refractivity contribution in [1.82, 2.24) is 10.2 Å². The molecule has 2 saturated heterocycles. The van der Waals surface area contributed by atoms with Gasteiger partial charge in [0.1, 0.15) is 0 Å². The third kappa shape index (κ3) is 4.36. The van der Waals surface area contributed by atoms with Crippen molar-refractivity contribution in [3.8, 4) is 12.3 Å². The van der Waals surface area contributed by atoms with E-state index in [4.69, 9.17) is 15.9 Å². The van der Waals surface area contributed by atoms with Gasteiger partial charge in [0, 0.05) is 32.0 Å². The highest BCUT2D eigenvalue weighted by molar-refractivity contribution is 5.74. The number of carbonyl (C=O) groups excluding carboxylic acids is 1. The second-order valence-electron chi connectivity index (χ2n) is 5.89. The first-order valence-electron chi connectivity index (χ1n) is 7.90. The van der Waals surface area contributed by atoms with Gasteiger partial charge in [0.15, 0.2) is 5.79 Å². The largest absolute Gasteiger partial charge is 0.347 e. The highest BCUT2D eigenvalue weighted by atomic mass is 16.7. The number of amides is 2. The fraction of sp³-hybridized carbons (Fsp3) is 0.812. The fourth-order valence-corrected chi connectivity index (χ4v) is 3.01. The lowest BCUT2D eigenvalue weighted by atomic mass is 9.90. The van der Waals surface area contributed by atoms with Crippen LogP contribution >= 0.6 is 0 Å². The van der Waals surface area contributed by atoms with Gasteiger partial charge >= 0.3 is 6.03 Å². The van der Waals surface area contributed by atoms with Crippen molar-refractivity contribution in [2.75, 3.05) is 32.8 Å². The summed E-state index contributed by atoms with van der Waals surface area (Å²) >= 11 is 0. The molecule has 0 bridgehead atoms. The molecule has 0 aromatic rings. The molecule has 2 amide bonds. The van der Waals surface area contributed by atoms with Crippen LogP contribution in [0, 0.1) is 18.3 Å². The molecule has 0 aromatic heterocycles. The number of likely N-dealkylation sites (tertiary alicyclic amines) is 1. The van der Waals surface area contributed by atoms with Crippen molar-refractivity contribution in [3.63, 3.8) is 0 Å². The normalized spacial score (nSPS) is 24.6. The number of terminal acetylenes is 1. The summed E-state index contributed by atoms with van der Waals surface area (Å²) in [6.07, 6.45) is 9.90. The van der Waals surface area contributed by atoms with E-state index in [1.165, 1.54) is 0 Å². The van der Waals surface area contributed by atoms with E-state index in [1.54, 1.807) is 0 Å². The lowest BCUT2D eigenvalue weighted by Crippen LogP contribution is -2.51. The average molecular weight is 294 g/mol. The Morgan fingerprint density at radius 2 is 2.19 bits per heavy atom. The van der Waals surface area contributed by atoms with Crippen LogP contribution in [0.1, 0.15) is 39.0 Å². The molecule has 2 rings (SSSR count). The number of urea groups is 1. The van der Waals surface area contributed by atoms with Gasteiger partial charge in [0.2, 0.25) is 0 Å². The van der Waals surface area contributed by atoms with Gasteiger partial charge in [-0.2, -0.15) is 0 Å². The molecule has 0 aromatic carbocycles. The van der Waals surface area contributed by atoms with Crippen LogP contribution in [0.3, 0.4) is 0 Å². The maximum atomic E-state index is 12.2. The molecule has 2 heterocycles. The van der Waals surface area contributed by atoms with Crippen LogP contribution in [-0.2, 0) is 9.47 Å². The summed E-state index contributed by atoms with van der Waals surface area (Å²) in [4.78, 5) is 14.1. The number of nitrogens with one attached hydrogen (secondary N) is 1. The molecule has 2 aliphatic rings. The molecular weight excluding hydrogens is 268 g/mol. The van der Waals surface area contributed by atoms with Gasteiger partial charge in [-0.05, 0) is 32.6 Å². The van der Waals surface area contributed by atoms with Gasteiger partial charge in [-0.3, -0.25) is 0 Å². The molecule has 0 saturated carbocycles. The Morgan fingerprint density at radius 1 is 1.43 bits per heavy atom. The molecular formula is C16H26N2O3. The van der Waals surface area contributed by atoms with Gasteiger partial charge in [-0.1, -0.05) is 0 Å². The van der Waals surface area contributed by atoms with Crippen LogP contribution < -0.4 is 5.32 Å². The quantitative estimate of drug-likeness (QED) is 0.623. The molecule has 118 valence electrons. The summed E-state index contributed by atoms with van der Waals surface area (Å²) < 4.78 is 11.5. The maximum absolute atomic E-state index is 12.2. The van der Waals surface area contributed by atoms with Crippen molar-refractivity contribution in [2.24, 2.45) is 5.92 Å². The molecule has 0 radical (unpaired) electrons. The number of ether oxygens (including phenoxy) is 2. The number of hydrogen-bond donors (Lipinski definition) is 1. The Labute approximate surface area is 127 Å². The van der Waals surface area contributed by atoms with Crippen LogP contribution in [0.4, 0.5) is 4.79 Å². The number of nitrogens with zero attached hydrogens (tertiary/aromatic N) is 1. The monoisotopic (exact) mass is 294 g/mol. The van der Waals surface area contributed by atoms with Crippen LogP contribution in [0.15, 0.2) is 0 Å². The van der Waals surface area contributed by atoms with E-state index in [0.717, 1.165) is 38.6 Å². The smallest absolute Gasteiger partial charge is 0.317 e. The van der Waals surface area contributed by atoms with Crippen molar-refractivity contribution in [1.29, 1.82) is 0 Å². The van der Waals surface area contributed by atoms with Crippen LogP contribution in [0.25, 0.3) is 0 Å². The number of rotatable bonds is 5. The number of carbonyl (C=O) groups is 1. The molecule has 5 heteroatoms. The molecule has 21 heavy (non-hydrogen) atoms. The predicted octanol–water partition coefficient (Wildman–Crippen LogP) is 1.97. The van der Waals surface area contributed by atoms with E-state index in [9.17, 15) is 4.79 Å². The van der Waals surface area contributed by atoms with Crippen LogP contribution in [0.5, 0.6) is 0 Å². The Morgan fingerprint density at radius 3 is 2.90 bits per heavy atom. The van der Waals surface area contributed by atoms with Gasteiger partial charge in [0.25, 0.3) is 0 Å². The highest BCUT2D eigenvalue weighted by Crippen LogP contribution is 2.33. The van der Waals surface area contributed by atoms with Crippen molar-refractivity contribution >= 4 is 6.03 Å². The first-order chi connectivity index (χ1) is 10.2. The van der Waals surface area contributed by atoms with Crippen LogP contribution in [-0.4, -0.2) is 49.6 Å². The van der Waals surface area contributed by atoms with Crippen molar-refractivity contribution < 1.29 is 14.3 Å². The van der Waals surface area contributed by atoms with Crippen molar-refractivity contribution in [2.45, 2.75) is 44.8 Å². The minimum absolute atomic E-state index is 0.0157. The minimum atomic E-state index is -0.522. The van der Waals surface area contributed by atoms with E-state index in [-0.39, 0.29) is 11.9 Å². The number of piperidine rings is 1. The van der Waals surface area contributed by atoms with Gasteiger partial charge < -0.3 is 19.7 Å². The van der Waals surface area contributed by atoms with Crippen LogP contribution in [0.2, 0.25) is 0 Å². The first kappa shape index (κ1) is 16.1. The summed E-state index contributed by atoms with van der Waals surface area (Å²) in [5.41, 5.74) is 0. The zero-order valence-electron chi connectivity index (χ0n) is 12.9. The molecule has 2 aliphatic heterocycles. The minimum Gasteiger partial charge on any atom is -0.347 e. The Hall–Kier alpha value is -1.25. The molecule has 0 spiro atoms. The standard InChI is InChI=1S/C16H26N2O3/c1-3-4-5-6-9-17-15(19)18-10-7-8-14(13-18)16(2)20-11-12-21-16/h1,14H,4-13H2,2H3,(H,17,19). The van der Waals surface area contributed by atoms with Gasteiger partial charge in [-0.15, -0.1) is 12.3 Å². The van der Waals surface area contributed by atoms with E-state index in [2.05, 4.69) is 11.2 Å².